The first-order valence-corrected chi connectivity index (χ1v) is 8.99. The molecule has 1 N–H and O–H groups in total. The molecule has 2 aromatic rings. The molecule has 3 rings (SSSR count). The van der Waals surface area contributed by atoms with Crippen LogP contribution in [0.15, 0.2) is 48.5 Å². The first-order valence-electron chi connectivity index (χ1n) is 8.21. The number of nitrogens with one attached hydrogen (secondary N) is 1. The third-order valence-electron chi connectivity index (χ3n) is 4.43. The van der Waals surface area contributed by atoms with Crippen molar-refractivity contribution in [2.45, 2.75) is 6.04 Å². The van der Waals surface area contributed by atoms with Gasteiger partial charge in [0, 0.05) is 31.8 Å². The average molecular weight is 391 g/mol. The molecule has 2 aromatic carbocycles. The maximum Gasteiger partial charge on any atom is 0.271 e. The quantitative estimate of drug-likeness (QED) is 0.486. The molecule has 0 amide bonds. The second-order valence-electron chi connectivity index (χ2n) is 6.23. The molecule has 0 radical (unpaired) electrons. The number of nitrogens with zero attached hydrogens (tertiary/aromatic N) is 3. The van der Waals surface area contributed by atoms with Crippen molar-refractivity contribution in [1.29, 1.82) is 0 Å². The van der Waals surface area contributed by atoms with Crippen molar-refractivity contribution < 1.29 is 4.92 Å². The summed E-state index contributed by atoms with van der Waals surface area (Å²) < 4.78 is 0. The van der Waals surface area contributed by atoms with Crippen molar-refractivity contribution >= 4 is 40.3 Å². The van der Waals surface area contributed by atoms with Crippen LogP contribution in [0, 0.1) is 10.1 Å². The summed E-state index contributed by atoms with van der Waals surface area (Å²) in [5.74, 6) is 0. The van der Waals surface area contributed by atoms with Gasteiger partial charge < -0.3 is 15.1 Å². The van der Waals surface area contributed by atoms with Crippen LogP contribution in [0.1, 0.15) is 11.6 Å². The van der Waals surface area contributed by atoms with Gasteiger partial charge in [-0.2, -0.15) is 0 Å². The number of benzene rings is 2. The highest BCUT2D eigenvalue weighted by molar-refractivity contribution is 7.80. The van der Waals surface area contributed by atoms with Crippen molar-refractivity contribution in [1.82, 2.24) is 9.80 Å². The zero-order valence-electron chi connectivity index (χ0n) is 14.3. The Labute approximate surface area is 162 Å². The molecular formula is C18H19ClN4O2S. The van der Waals surface area contributed by atoms with Crippen molar-refractivity contribution in [2.75, 3.05) is 32.0 Å². The fraction of sp³-hybridized carbons (Fsp3) is 0.278. The number of halogens is 1. The van der Waals surface area contributed by atoms with E-state index >= 15 is 0 Å². The first kappa shape index (κ1) is 18.6. The standard InChI is InChI=1S/C18H19ClN4O2S/c1-21-9-10-22(17(12-21)13-5-3-2-4-6-13)18(26)20-16-11-14(23(24)25)7-8-15(16)19/h2-8,11,17H,9-10,12H2,1H3,(H,20,26)/t17-/m1/s1. The number of nitro groups is 1. The largest absolute Gasteiger partial charge is 0.339 e. The Bertz CT molecular complexity index is 818. The molecule has 8 heteroatoms. The van der Waals surface area contributed by atoms with E-state index in [9.17, 15) is 10.1 Å². The van der Waals surface area contributed by atoms with Crippen LogP contribution in [-0.2, 0) is 0 Å². The topological polar surface area (TPSA) is 61.6 Å². The zero-order chi connectivity index (χ0) is 18.7. The van der Waals surface area contributed by atoms with E-state index in [1.165, 1.54) is 23.8 Å². The maximum atomic E-state index is 11.0. The van der Waals surface area contributed by atoms with E-state index in [0.717, 1.165) is 19.6 Å². The molecule has 136 valence electrons. The van der Waals surface area contributed by atoms with Crippen LogP contribution in [0.5, 0.6) is 0 Å². The third kappa shape index (κ3) is 4.12. The van der Waals surface area contributed by atoms with Gasteiger partial charge in [-0.1, -0.05) is 41.9 Å². The Balaban J connectivity index is 1.84. The van der Waals surface area contributed by atoms with Gasteiger partial charge in [0.05, 0.1) is 21.7 Å². The number of anilines is 1. The minimum atomic E-state index is -0.451. The molecule has 0 spiro atoms. The van der Waals surface area contributed by atoms with Gasteiger partial charge in [-0.25, -0.2) is 0 Å². The first-order chi connectivity index (χ1) is 12.5. The Morgan fingerprint density at radius 1 is 1.27 bits per heavy atom. The maximum absolute atomic E-state index is 11.0. The molecule has 0 saturated carbocycles. The normalized spacial score (nSPS) is 17.8. The van der Waals surface area contributed by atoms with Gasteiger partial charge >= 0.3 is 0 Å². The monoisotopic (exact) mass is 390 g/mol. The predicted octanol–water partition coefficient (Wildman–Crippen LogP) is 3.93. The van der Waals surface area contributed by atoms with Crippen LogP contribution in [-0.4, -0.2) is 46.5 Å². The molecule has 1 aliphatic rings. The summed E-state index contributed by atoms with van der Waals surface area (Å²) in [6.07, 6.45) is 0. The van der Waals surface area contributed by atoms with Crippen molar-refractivity contribution in [3.8, 4) is 0 Å². The summed E-state index contributed by atoms with van der Waals surface area (Å²) in [7, 11) is 2.08. The van der Waals surface area contributed by atoms with Crippen LogP contribution in [0.2, 0.25) is 5.02 Å². The molecule has 1 heterocycles. The summed E-state index contributed by atoms with van der Waals surface area (Å²) in [6.45, 7) is 2.48. The minimum absolute atomic E-state index is 0.0299. The molecule has 0 unspecified atom stereocenters. The van der Waals surface area contributed by atoms with Crippen LogP contribution in [0.3, 0.4) is 0 Å². The highest BCUT2D eigenvalue weighted by Gasteiger charge is 2.28. The fourth-order valence-corrected chi connectivity index (χ4v) is 3.53. The molecule has 1 aliphatic heterocycles. The Hall–Kier alpha value is -2.22. The van der Waals surface area contributed by atoms with Crippen LogP contribution < -0.4 is 5.32 Å². The lowest BCUT2D eigenvalue weighted by molar-refractivity contribution is -0.384. The summed E-state index contributed by atoms with van der Waals surface area (Å²) in [4.78, 5) is 14.9. The highest BCUT2D eigenvalue weighted by atomic mass is 35.5. The second kappa shape index (κ2) is 7.99. The van der Waals surface area contributed by atoms with E-state index in [1.54, 1.807) is 0 Å². The van der Waals surface area contributed by atoms with Gasteiger partial charge in [-0.3, -0.25) is 10.1 Å². The molecule has 1 fully saturated rings. The third-order valence-corrected chi connectivity index (χ3v) is 5.10. The lowest BCUT2D eigenvalue weighted by Crippen LogP contribution is -2.50. The van der Waals surface area contributed by atoms with Gasteiger partial charge in [0.1, 0.15) is 0 Å². The lowest BCUT2D eigenvalue weighted by atomic mass is 10.0. The van der Waals surface area contributed by atoms with Crippen molar-refractivity contribution in [3.63, 3.8) is 0 Å². The number of thiocarbonyl (C=S) groups is 1. The number of hydrogen-bond acceptors (Lipinski definition) is 4. The SMILES string of the molecule is CN1CCN(C(=S)Nc2cc([N+](=O)[O-])ccc2Cl)[C@@H](c2ccccc2)C1. The van der Waals surface area contributed by atoms with Crippen LogP contribution >= 0.6 is 23.8 Å². The summed E-state index contributed by atoms with van der Waals surface area (Å²) >= 11 is 11.8. The second-order valence-corrected chi connectivity index (χ2v) is 7.03. The fourth-order valence-electron chi connectivity index (χ4n) is 3.03. The van der Waals surface area contributed by atoms with Crippen LogP contribution in [0.4, 0.5) is 11.4 Å². The van der Waals surface area contributed by atoms with Crippen molar-refractivity contribution in [3.05, 3.63) is 69.2 Å². The Morgan fingerprint density at radius 3 is 2.69 bits per heavy atom. The van der Waals surface area contributed by atoms with E-state index in [1.807, 2.05) is 18.2 Å². The number of hydrogen-bond donors (Lipinski definition) is 1. The minimum Gasteiger partial charge on any atom is -0.339 e. The van der Waals surface area contributed by atoms with E-state index in [-0.39, 0.29) is 11.7 Å². The van der Waals surface area contributed by atoms with Gasteiger partial charge in [0.15, 0.2) is 5.11 Å². The van der Waals surface area contributed by atoms with Gasteiger partial charge in [-0.05, 0) is 30.9 Å². The molecule has 6 nitrogen and oxygen atoms in total. The van der Waals surface area contributed by atoms with E-state index in [4.69, 9.17) is 23.8 Å². The number of nitro benzene ring substituents is 1. The Kier molecular flexibility index (Phi) is 5.70. The van der Waals surface area contributed by atoms with Crippen LogP contribution in [0.25, 0.3) is 0 Å². The number of non-ortho nitro benzene ring substituents is 1. The van der Waals surface area contributed by atoms with E-state index in [0.29, 0.717) is 15.8 Å². The molecule has 0 aliphatic carbocycles. The molecular weight excluding hydrogens is 372 g/mol. The number of likely N-dealkylation sites (N-methyl/N-ethyl adjacent to an activating group) is 1. The zero-order valence-corrected chi connectivity index (χ0v) is 15.8. The van der Waals surface area contributed by atoms with Crippen molar-refractivity contribution in [2.24, 2.45) is 0 Å². The van der Waals surface area contributed by atoms with E-state index < -0.39 is 4.92 Å². The van der Waals surface area contributed by atoms with Gasteiger partial charge in [0.25, 0.3) is 5.69 Å². The summed E-state index contributed by atoms with van der Waals surface area (Å²) in [5, 5.41) is 15.0. The van der Waals surface area contributed by atoms with Gasteiger partial charge in [-0.15, -0.1) is 0 Å². The smallest absolute Gasteiger partial charge is 0.271 e. The molecule has 0 aromatic heterocycles. The molecule has 1 atom stereocenters. The van der Waals surface area contributed by atoms with Gasteiger partial charge in [0.2, 0.25) is 0 Å². The molecule has 1 saturated heterocycles. The predicted molar refractivity (Wildman–Crippen MR) is 108 cm³/mol. The van der Waals surface area contributed by atoms with E-state index in [2.05, 4.69) is 34.3 Å². The number of rotatable bonds is 3. The summed E-state index contributed by atoms with van der Waals surface area (Å²) in [6, 6.07) is 14.6. The Morgan fingerprint density at radius 2 is 2.00 bits per heavy atom. The average Bonchev–Trinajstić information content (AvgIpc) is 2.64. The highest BCUT2D eigenvalue weighted by Crippen LogP contribution is 2.29. The lowest BCUT2D eigenvalue weighted by Gasteiger charge is -2.41. The molecule has 26 heavy (non-hydrogen) atoms. The molecule has 0 bridgehead atoms. The summed E-state index contributed by atoms with van der Waals surface area (Å²) in [5.41, 5.74) is 1.59. The number of piperazine rings is 1.